The number of amides is 1. The van der Waals surface area contributed by atoms with Gasteiger partial charge in [0.2, 0.25) is 0 Å². The molecule has 0 aromatic heterocycles. The van der Waals surface area contributed by atoms with Crippen LogP contribution in [0.25, 0.3) is 0 Å². The SMILES string of the molecule is CC(O)CCN(C)C(=O)c1cc(F)cc([N+](=O)[O-])c1. The molecule has 1 aromatic rings. The van der Waals surface area contributed by atoms with Crippen LogP contribution in [0, 0.1) is 15.9 Å². The van der Waals surface area contributed by atoms with Crippen LogP contribution < -0.4 is 0 Å². The first kappa shape index (κ1) is 15.0. The number of carbonyl (C=O) groups excluding carboxylic acids is 1. The molecule has 7 heteroatoms. The number of halogens is 1. The van der Waals surface area contributed by atoms with Crippen LogP contribution in [-0.4, -0.2) is 40.5 Å². The molecule has 104 valence electrons. The minimum absolute atomic E-state index is 0.0835. The zero-order valence-corrected chi connectivity index (χ0v) is 10.7. The summed E-state index contributed by atoms with van der Waals surface area (Å²) in [6.07, 6.45) is -0.184. The second kappa shape index (κ2) is 6.24. The molecule has 0 bridgehead atoms. The number of benzene rings is 1. The summed E-state index contributed by atoms with van der Waals surface area (Å²) in [7, 11) is 1.49. The zero-order chi connectivity index (χ0) is 14.6. The van der Waals surface area contributed by atoms with Gasteiger partial charge in [-0.2, -0.15) is 0 Å². The highest BCUT2D eigenvalue weighted by Gasteiger charge is 2.17. The van der Waals surface area contributed by atoms with Crippen LogP contribution in [0.15, 0.2) is 18.2 Å². The summed E-state index contributed by atoms with van der Waals surface area (Å²) < 4.78 is 13.2. The number of hydrogen-bond acceptors (Lipinski definition) is 4. The number of aliphatic hydroxyl groups excluding tert-OH is 1. The molecule has 0 saturated carbocycles. The lowest BCUT2D eigenvalue weighted by Crippen LogP contribution is -2.29. The Hall–Kier alpha value is -2.02. The quantitative estimate of drug-likeness (QED) is 0.650. The molecule has 1 aromatic carbocycles. The molecule has 1 amide bonds. The van der Waals surface area contributed by atoms with Crippen LogP contribution in [0.1, 0.15) is 23.7 Å². The van der Waals surface area contributed by atoms with Crippen molar-refractivity contribution in [2.24, 2.45) is 0 Å². The van der Waals surface area contributed by atoms with Crippen molar-refractivity contribution in [1.29, 1.82) is 0 Å². The minimum atomic E-state index is -0.832. The van der Waals surface area contributed by atoms with E-state index in [0.29, 0.717) is 6.42 Å². The molecule has 19 heavy (non-hydrogen) atoms. The monoisotopic (exact) mass is 270 g/mol. The minimum Gasteiger partial charge on any atom is -0.393 e. The van der Waals surface area contributed by atoms with Crippen LogP contribution in [-0.2, 0) is 0 Å². The fraction of sp³-hybridized carbons (Fsp3) is 0.417. The first-order valence-electron chi connectivity index (χ1n) is 5.69. The maximum Gasteiger partial charge on any atom is 0.273 e. The van der Waals surface area contributed by atoms with Gasteiger partial charge in [0.1, 0.15) is 5.82 Å². The normalized spacial score (nSPS) is 12.0. The molecular formula is C12H15FN2O4. The van der Waals surface area contributed by atoms with Gasteiger partial charge in [-0.15, -0.1) is 0 Å². The standard InChI is InChI=1S/C12H15FN2O4/c1-8(16)3-4-14(2)12(17)9-5-10(13)7-11(6-9)15(18)19/h5-8,16H,3-4H2,1-2H3. The summed E-state index contributed by atoms with van der Waals surface area (Å²) in [5.74, 6) is -1.36. The number of rotatable bonds is 5. The Bertz CT molecular complexity index is 491. The van der Waals surface area contributed by atoms with E-state index in [1.54, 1.807) is 6.92 Å². The average Bonchev–Trinajstić information content (AvgIpc) is 2.34. The summed E-state index contributed by atoms with van der Waals surface area (Å²) in [6.45, 7) is 1.87. The lowest BCUT2D eigenvalue weighted by atomic mass is 10.1. The Balaban J connectivity index is 2.90. The maximum absolute atomic E-state index is 13.2. The third-order valence-electron chi connectivity index (χ3n) is 2.57. The van der Waals surface area contributed by atoms with Gasteiger partial charge in [0.25, 0.3) is 11.6 Å². The highest BCUT2D eigenvalue weighted by molar-refractivity contribution is 5.94. The van der Waals surface area contributed by atoms with Crippen molar-refractivity contribution in [3.63, 3.8) is 0 Å². The van der Waals surface area contributed by atoms with Crippen molar-refractivity contribution in [3.8, 4) is 0 Å². The maximum atomic E-state index is 13.2. The van der Waals surface area contributed by atoms with E-state index in [9.17, 15) is 19.3 Å². The molecule has 0 fully saturated rings. The van der Waals surface area contributed by atoms with E-state index in [2.05, 4.69) is 0 Å². The number of carbonyl (C=O) groups is 1. The molecule has 1 unspecified atom stereocenters. The molecule has 1 N–H and O–H groups in total. The van der Waals surface area contributed by atoms with Crippen molar-refractivity contribution in [1.82, 2.24) is 4.90 Å². The molecule has 0 aliphatic heterocycles. The Morgan fingerprint density at radius 2 is 2.16 bits per heavy atom. The van der Waals surface area contributed by atoms with Gasteiger partial charge in [-0.1, -0.05) is 0 Å². The van der Waals surface area contributed by atoms with Crippen molar-refractivity contribution < 1.29 is 19.2 Å². The van der Waals surface area contributed by atoms with Gasteiger partial charge in [-0.3, -0.25) is 14.9 Å². The number of nitrogens with zero attached hydrogens (tertiary/aromatic N) is 2. The molecular weight excluding hydrogens is 255 g/mol. The second-order valence-electron chi connectivity index (χ2n) is 4.32. The van der Waals surface area contributed by atoms with Crippen molar-refractivity contribution >= 4 is 11.6 Å². The zero-order valence-electron chi connectivity index (χ0n) is 10.7. The van der Waals surface area contributed by atoms with E-state index in [4.69, 9.17) is 5.11 Å². The lowest BCUT2D eigenvalue weighted by molar-refractivity contribution is -0.385. The fourth-order valence-corrected chi connectivity index (χ4v) is 1.51. The average molecular weight is 270 g/mol. The Morgan fingerprint density at radius 1 is 1.53 bits per heavy atom. The van der Waals surface area contributed by atoms with Crippen LogP contribution in [0.5, 0.6) is 0 Å². The summed E-state index contributed by atoms with van der Waals surface area (Å²) in [6, 6.07) is 2.74. The highest BCUT2D eigenvalue weighted by atomic mass is 19.1. The molecule has 1 rings (SSSR count). The number of aliphatic hydroxyl groups is 1. The first-order chi connectivity index (χ1) is 8.81. The van der Waals surface area contributed by atoms with Gasteiger partial charge >= 0.3 is 0 Å². The van der Waals surface area contributed by atoms with Crippen LogP contribution >= 0.6 is 0 Å². The fourth-order valence-electron chi connectivity index (χ4n) is 1.51. The van der Waals surface area contributed by atoms with E-state index < -0.39 is 28.4 Å². The van der Waals surface area contributed by atoms with Gasteiger partial charge < -0.3 is 10.0 Å². The van der Waals surface area contributed by atoms with Gasteiger partial charge in [0, 0.05) is 25.2 Å². The molecule has 1 atom stereocenters. The summed E-state index contributed by atoms with van der Waals surface area (Å²) in [5.41, 5.74) is -0.549. The predicted molar refractivity (Wildman–Crippen MR) is 66.3 cm³/mol. The molecule has 0 saturated heterocycles. The van der Waals surface area contributed by atoms with Crippen molar-refractivity contribution in [2.45, 2.75) is 19.4 Å². The third kappa shape index (κ3) is 4.29. The number of nitro groups is 1. The summed E-state index contributed by atoms with van der Waals surface area (Å²) in [5, 5.41) is 19.7. The second-order valence-corrected chi connectivity index (χ2v) is 4.32. The Morgan fingerprint density at radius 3 is 2.68 bits per heavy atom. The smallest absolute Gasteiger partial charge is 0.273 e. The van der Waals surface area contributed by atoms with Crippen LogP contribution in [0.4, 0.5) is 10.1 Å². The summed E-state index contributed by atoms with van der Waals surface area (Å²) >= 11 is 0. The van der Waals surface area contributed by atoms with Gasteiger partial charge in [0.15, 0.2) is 0 Å². The summed E-state index contributed by atoms with van der Waals surface area (Å²) in [4.78, 5) is 23.1. The van der Waals surface area contributed by atoms with Crippen molar-refractivity contribution in [2.75, 3.05) is 13.6 Å². The van der Waals surface area contributed by atoms with E-state index >= 15 is 0 Å². The van der Waals surface area contributed by atoms with E-state index in [0.717, 1.165) is 18.2 Å². The number of nitro benzene ring substituents is 1. The highest BCUT2D eigenvalue weighted by Crippen LogP contribution is 2.17. The van der Waals surface area contributed by atoms with Crippen LogP contribution in [0.2, 0.25) is 0 Å². The Labute approximate surface area is 109 Å². The van der Waals surface area contributed by atoms with Crippen molar-refractivity contribution in [3.05, 3.63) is 39.7 Å². The topological polar surface area (TPSA) is 83.7 Å². The molecule has 6 nitrogen and oxygen atoms in total. The van der Waals surface area contributed by atoms with E-state index in [-0.39, 0.29) is 12.1 Å². The molecule has 0 radical (unpaired) electrons. The van der Waals surface area contributed by atoms with Gasteiger partial charge in [0.05, 0.1) is 17.1 Å². The largest absolute Gasteiger partial charge is 0.393 e. The first-order valence-corrected chi connectivity index (χ1v) is 5.69. The van der Waals surface area contributed by atoms with Gasteiger partial charge in [-0.05, 0) is 19.4 Å². The third-order valence-corrected chi connectivity index (χ3v) is 2.57. The molecule has 0 heterocycles. The number of hydrogen-bond donors (Lipinski definition) is 1. The lowest BCUT2D eigenvalue weighted by Gasteiger charge is -2.18. The Kier molecular flexibility index (Phi) is 4.94. The molecule has 0 aliphatic carbocycles. The molecule has 0 aliphatic rings. The van der Waals surface area contributed by atoms with E-state index in [1.807, 2.05) is 0 Å². The van der Waals surface area contributed by atoms with Gasteiger partial charge in [-0.25, -0.2) is 4.39 Å². The van der Waals surface area contributed by atoms with Crippen LogP contribution in [0.3, 0.4) is 0 Å². The van der Waals surface area contributed by atoms with E-state index in [1.165, 1.54) is 11.9 Å². The number of non-ortho nitro benzene ring substituents is 1. The predicted octanol–water partition coefficient (Wildman–Crippen LogP) is 1.58. The molecule has 0 spiro atoms.